The highest BCUT2D eigenvalue weighted by Gasteiger charge is 2.13. The zero-order valence-corrected chi connectivity index (χ0v) is 18.8. The summed E-state index contributed by atoms with van der Waals surface area (Å²) in [6, 6.07) is 34.0. The van der Waals surface area contributed by atoms with E-state index in [0.29, 0.717) is 16.9 Å². The van der Waals surface area contributed by atoms with E-state index in [9.17, 15) is 9.59 Å². The lowest BCUT2D eigenvalue weighted by Crippen LogP contribution is -2.20. The summed E-state index contributed by atoms with van der Waals surface area (Å²) in [5.41, 5.74) is 4.60. The Morgan fingerprint density at radius 1 is 0.714 bits per heavy atom. The fourth-order valence-electron chi connectivity index (χ4n) is 4.06. The Hall–Kier alpha value is -4.77. The predicted molar refractivity (Wildman–Crippen MR) is 139 cm³/mol. The van der Waals surface area contributed by atoms with Gasteiger partial charge in [-0.1, -0.05) is 91.0 Å². The van der Waals surface area contributed by atoms with Crippen molar-refractivity contribution >= 4 is 39.6 Å². The first kappa shape index (κ1) is 22.0. The number of rotatable bonds is 6. The topological polar surface area (TPSA) is 67.8 Å². The van der Waals surface area contributed by atoms with Crippen LogP contribution in [0.1, 0.15) is 21.5 Å². The first-order valence-corrected chi connectivity index (χ1v) is 11.3. The van der Waals surface area contributed by atoms with Gasteiger partial charge in [-0.25, -0.2) is 10.2 Å². The minimum atomic E-state index is -0.462. The summed E-state index contributed by atoms with van der Waals surface area (Å²) in [7, 11) is 0. The first-order chi connectivity index (χ1) is 17.2. The second-order valence-corrected chi connectivity index (χ2v) is 8.06. The van der Waals surface area contributed by atoms with Gasteiger partial charge in [-0.3, -0.25) is 4.79 Å². The molecule has 0 aromatic heterocycles. The van der Waals surface area contributed by atoms with Crippen molar-refractivity contribution in [1.82, 2.24) is 5.43 Å². The molecule has 0 unspecified atom stereocenters. The molecule has 5 aromatic carbocycles. The van der Waals surface area contributed by atoms with E-state index in [1.165, 1.54) is 6.21 Å². The predicted octanol–water partition coefficient (Wildman–Crippen LogP) is 5.91. The van der Waals surface area contributed by atoms with Crippen molar-refractivity contribution in [2.45, 2.75) is 6.42 Å². The lowest BCUT2D eigenvalue weighted by Gasteiger charge is -2.10. The number of hydrogen-bond donors (Lipinski definition) is 1. The van der Waals surface area contributed by atoms with Crippen molar-refractivity contribution in [3.8, 4) is 5.75 Å². The number of fused-ring (bicyclic) bond motifs is 2. The number of carbonyl (C=O) groups excluding carboxylic acids is 2. The van der Waals surface area contributed by atoms with Crippen molar-refractivity contribution in [3.05, 3.63) is 126 Å². The molecular formula is C30H22N2O3. The first-order valence-electron chi connectivity index (χ1n) is 11.3. The third-order valence-corrected chi connectivity index (χ3v) is 5.76. The van der Waals surface area contributed by atoms with E-state index in [4.69, 9.17) is 4.74 Å². The van der Waals surface area contributed by atoms with Crippen molar-refractivity contribution in [1.29, 1.82) is 0 Å². The molecule has 1 amide bonds. The molecule has 5 aromatic rings. The number of ether oxygens (including phenoxy) is 1. The fourth-order valence-corrected chi connectivity index (χ4v) is 4.06. The molecule has 0 saturated carbocycles. The Labute approximate surface area is 202 Å². The highest BCUT2D eigenvalue weighted by Crippen LogP contribution is 2.27. The molecule has 0 aliphatic carbocycles. The van der Waals surface area contributed by atoms with Crippen LogP contribution in [0.2, 0.25) is 0 Å². The Bertz CT molecular complexity index is 1550. The van der Waals surface area contributed by atoms with E-state index in [2.05, 4.69) is 10.5 Å². The lowest BCUT2D eigenvalue weighted by molar-refractivity contribution is -0.120. The second kappa shape index (κ2) is 10.0. The molecule has 35 heavy (non-hydrogen) atoms. The van der Waals surface area contributed by atoms with Gasteiger partial charge in [-0.2, -0.15) is 5.10 Å². The van der Waals surface area contributed by atoms with E-state index < -0.39 is 5.97 Å². The number of carbonyl (C=O) groups is 2. The van der Waals surface area contributed by atoms with Crippen LogP contribution < -0.4 is 10.2 Å². The summed E-state index contributed by atoms with van der Waals surface area (Å²) in [5.74, 6) is -0.333. The van der Waals surface area contributed by atoms with Crippen LogP contribution in [-0.4, -0.2) is 18.1 Å². The highest BCUT2D eigenvalue weighted by molar-refractivity contribution is 6.04. The number of nitrogens with one attached hydrogen (secondary N) is 1. The molecule has 0 spiro atoms. The average Bonchev–Trinajstić information content (AvgIpc) is 2.90. The Morgan fingerprint density at radius 3 is 2.17 bits per heavy atom. The zero-order chi connectivity index (χ0) is 24.0. The van der Waals surface area contributed by atoms with E-state index in [0.717, 1.165) is 27.1 Å². The summed E-state index contributed by atoms with van der Waals surface area (Å²) in [5, 5.41) is 8.15. The van der Waals surface area contributed by atoms with Crippen molar-refractivity contribution < 1.29 is 14.3 Å². The van der Waals surface area contributed by atoms with Gasteiger partial charge >= 0.3 is 5.97 Å². The smallest absolute Gasteiger partial charge is 0.343 e. The summed E-state index contributed by atoms with van der Waals surface area (Å²) < 4.78 is 5.70. The fraction of sp³-hybridized carbons (Fsp3) is 0.0333. The molecule has 0 aliphatic rings. The number of benzene rings is 5. The molecule has 0 fully saturated rings. The Balaban J connectivity index is 1.38. The maximum Gasteiger partial charge on any atom is 0.343 e. The van der Waals surface area contributed by atoms with Crippen LogP contribution >= 0.6 is 0 Å². The number of amides is 1. The third kappa shape index (κ3) is 4.94. The van der Waals surface area contributed by atoms with Crippen LogP contribution in [0.15, 0.2) is 114 Å². The molecule has 5 heteroatoms. The van der Waals surface area contributed by atoms with Crippen molar-refractivity contribution in [3.63, 3.8) is 0 Å². The van der Waals surface area contributed by atoms with Crippen molar-refractivity contribution in [2.24, 2.45) is 5.10 Å². The van der Waals surface area contributed by atoms with Crippen LogP contribution in [0, 0.1) is 0 Å². The molecule has 1 N–H and O–H groups in total. The molecular weight excluding hydrogens is 436 g/mol. The summed E-state index contributed by atoms with van der Waals surface area (Å²) in [4.78, 5) is 25.3. The summed E-state index contributed by atoms with van der Waals surface area (Å²) in [6.45, 7) is 0. The van der Waals surface area contributed by atoms with Crippen LogP contribution in [-0.2, 0) is 11.2 Å². The summed E-state index contributed by atoms with van der Waals surface area (Å²) in [6.07, 6.45) is 1.72. The van der Waals surface area contributed by atoms with E-state index in [1.54, 1.807) is 30.3 Å². The van der Waals surface area contributed by atoms with Crippen molar-refractivity contribution in [2.75, 3.05) is 0 Å². The van der Waals surface area contributed by atoms with Crippen LogP contribution in [0.5, 0.6) is 5.75 Å². The molecule has 5 rings (SSSR count). The Kier molecular flexibility index (Phi) is 6.31. The molecule has 0 radical (unpaired) electrons. The van der Waals surface area contributed by atoms with E-state index >= 15 is 0 Å². The van der Waals surface area contributed by atoms with Gasteiger partial charge in [0, 0.05) is 5.56 Å². The van der Waals surface area contributed by atoms with Crippen LogP contribution in [0.3, 0.4) is 0 Å². The number of hydrazone groups is 1. The average molecular weight is 459 g/mol. The molecule has 0 heterocycles. The minimum absolute atomic E-state index is 0.198. The molecule has 0 aliphatic heterocycles. The van der Waals surface area contributed by atoms with Gasteiger partial charge in [0.05, 0.1) is 18.2 Å². The molecule has 0 saturated heterocycles. The largest absolute Gasteiger partial charge is 0.422 e. The zero-order valence-electron chi connectivity index (χ0n) is 18.8. The number of esters is 1. The van der Waals surface area contributed by atoms with E-state index in [1.807, 2.05) is 78.9 Å². The maximum absolute atomic E-state index is 12.7. The maximum atomic E-state index is 12.7. The number of nitrogens with zero attached hydrogens (tertiary/aromatic N) is 1. The van der Waals surface area contributed by atoms with Gasteiger partial charge in [-0.05, 0) is 45.3 Å². The Morgan fingerprint density at radius 2 is 1.37 bits per heavy atom. The summed E-state index contributed by atoms with van der Waals surface area (Å²) >= 11 is 0. The van der Waals surface area contributed by atoms with Crippen LogP contribution in [0.25, 0.3) is 21.5 Å². The van der Waals surface area contributed by atoms with E-state index in [-0.39, 0.29) is 12.3 Å². The van der Waals surface area contributed by atoms with Gasteiger partial charge in [0.25, 0.3) is 0 Å². The standard InChI is InChI=1S/C30H22N2O3/c33-29(19-24-14-8-13-21-9-4-6-15-25(21)24)32-31-20-27-26-16-7-5-10-22(26)17-18-28(27)35-30(34)23-11-2-1-3-12-23/h1-18,20H,19H2,(H,32,33). The molecule has 170 valence electrons. The van der Waals surface area contributed by atoms with Gasteiger partial charge in [-0.15, -0.1) is 0 Å². The van der Waals surface area contributed by atoms with Gasteiger partial charge in [0.2, 0.25) is 5.91 Å². The van der Waals surface area contributed by atoms with Gasteiger partial charge < -0.3 is 4.74 Å². The monoisotopic (exact) mass is 458 g/mol. The SMILES string of the molecule is O=C(Cc1cccc2ccccc12)NN=Cc1c(OC(=O)c2ccccc2)ccc2ccccc12. The minimum Gasteiger partial charge on any atom is -0.422 e. The third-order valence-electron chi connectivity index (χ3n) is 5.76. The van der Waals surface area contributed by atoms with Gasteiger partial charge in [0.1, 0.15) is 5.75 Å². The lowest BCUT2D eigenvalue weighted by atomic mass is 10.0. The number of hydrogen-bond acceptors (Lipinski definition) is 4. The highest BCUT2D eigenvalue weighted by atomic mass is 16.5. The molecule has 0 atom stereocenters. The normalized spacial score (nSPS) is 11.1. The quantitative estimate of drug-likeness (QED) is 0.149. The van der Waals surface area contributed by atoms with Gasteiger partial charge in [0.15, 0.2) is 0 Å². The molecule has 0 bridgehead atoms. The van der Waals surface area contributed by atoms with Crippen LogP contribution in [0.4, 0.5) is 0 Å². The second-order valence-electron chi connectivity index (χ2n) is 8.06. The molecule has 5 nitrogen and oxygen atoms in total.